The summed E-state index contributed by atoms with van der Waals surface area (Å²) in [4.78, 5) is 18.3. The summed E-state index contributed by atoms with van der Waals surface area (Å²) in [5.41, 5.74) is 7.34. The van der Waals surface area contributed by atoms with Gasteiger partial charge in [0.2, 0.25) is 0 Å². The van der Waals surface area contributed by atoms with Gasteiger partial charge >= 0.3 is 0 Å². The molecule has 4 nitrogen and oxygen atoms in total. The molecule has 17 heavy (non-hydrogen) atoms. The Kier molecular flexibility index (Phi) is 3.61. The fourth-order valence-corrected chi connectivity index (χ4v) is 2.22. The van der Waals surface area contributed by atoms with E-state index in [2.05, 4.69) is 11.9 Å². The van der Waals surface area contributed by atoms with Gasteiger partial charge in [-0.2, -0.15) is 0 Å². The highest BCUT2D eigenvalue weighted by Gasteiger charge is 2.20. The molecule has 1 fully saturated rings. The molecular formula is C13H19N3O. The van der Waals surface area contributed by atoms with Gasteiger partial charge in [-0.05, 0) is 31.4 Å². The number of rotatable bonds is 3. The zero-order valence-corrected chi connectivity index (χ0v) is 10.3. The van der Waals surface area contributed by atoms with Crippen molar-refractivity contribution in [2.75, 3.05) is 18.8 Å². The average molecular weight is 233 g/mol. The van der Waals surface area contributed by atoms with Crippen molar-refractivity contribution in [3.63, 3.8) is 0 Å². The van der Waals surface area contributed by atoms with Crippen LogP contribution in [-0.2, 0) is 6.42 Å². The van der Waals surface area contributed by atoms with Crippen LogP contribution in [0.25, 0.3) is 0 Å². The number of nitrogens with two attached hydrogens (primary N) is 1. The van der Waals surface area contributed by atoms with Crippen LogP contribution in [0.2, 0.25) is 0 Å². The minimum absolute atomic E-state index is 0.0916. The Bertz CT molecular complexity index is 411. The highest BCUT2D eigenvalue weighted by atomic mass is 16.2. The zero-order chi connectivity index (χ0) is 12.3. The van der Waals surface area contributed by atoms with Crippen LogP contribution in [0, 0.1) is 0 Å². The normalized spacial score (nSPS) is 15.2. The summed E-state index contributed by atoms with van der Waals surface area (Å²) in [5.74, 6) is 0.535. The van der Waals surface area contributed by atoms with Crippen LogP contribution in [0.5, 0.6) is 0 Å². The van der Waals surface area contributed by atoms with Gasteiger partial charge in [-0.15, -0.1) is 0 Å². The Labute approximate surface area is 102 Å². The first kappa shape index (κ1) is 11.9. The molecule has 0 radical (unpaired) electrons. The van der Waals surface area contributed by atoms with Gasteiger partial charge in [0.05, 0.1) is 0 Å². The summed E-state index contributed by atoms with van der Waals surface area (Å²) in [5, 5.41) is 0. The van der Waals surface area contributed by atoms with E-state index in [-0.39, 0.29) is 5.91 Å². The summed E-state index contributed by atoms with van der Waals surface area (Å²) in [6.07, 6.45) is 4.08. The van der Waals surface area contributed by atoms with Crippen molar-refractivity contribution in [2.24, 2.45) is 0 Å². The fraction of sp³-hybridized carbons (Fsp3) is 0.538. The maximum absolute atomic E-state index is 12.2. The van der Waals surface area contributed by atoms with Gasteiger partial charge in [0, 0.05) is 24.3 Å². The van der Waals surface area contributed by atoms with Crippen molar-refractivity contribution in [2.45, 2.75) is 32.6 Å². The standard InChI is InChI=1S/C13H19N3O/c1-2-5-11-8-10(9-12(14)15-11)13(17)16-6-3-4-7-16/h8-9H,2-7H2,1H3,(H2,14,15). The lowest BCUT2D eigenvalue weighted by molar-refractivity contribution is 0.0792. The molecule has 0 aromatic carbocycles. The van der Waals surface area contributed by atoms with Crippen molar-refractivity contribution in [1.82, 2.24) is 9.88 Å². The van der Waals surface area contributed by atoms with Crippen LogP contribution >= 0.6 is 0 Å². The van der Waals surface area contributed by atoms with Crippen LogP contribution in [0.1, 0.15) is 42.2 Å². The molecule has 2 N–H and O–H groups in total. The first-order valence-corrected chi connectivity index (χ1v) is 6.26. The first-order chi connectivity index (χ1) is 8.20. The van der Waals surface area contributed by atoms with Gasteiger partial charge in [0.15, 0.2) is 0 Å². The van der Waals surface area contributed by atoms with Gasteiger partial charge in [-0.3, -0.25) is 4.79 Å². The first-order valence-electron chi connectivity index (χ1n) is 6.26. The number of aryl methyl sites for hydroxylation is 1. The van der Waals surface area contributed by atoms with Crippen molar-refractivity contribution >= 4 is 11.7 Å². The van der Waals surface area contributed by atoms with Crippen LogP contribution in [0.4, 0.5) is 5.82 Å². The second-order valence-corrected chi connectivity index (χ2v) is 4.52. The fourth-order valence-electron chi connectivity index (χ4n) is 2.22. The number of nitrogens with zero attached hydrogens (tertiary/aromatic N) is 2. The number of hydrogen-bond donors (Lipinski definition) is 1. The molecule has 4 heteroatoms. The van der Waals surface area contributed by atoms with Crippen molar-refractivity contribution < 1.29 is 4.79 Å². The van der Waals surface area contributed by atoms with Gasteiger partial charge < -0.3 is 10.6 Å². The molecule has 92 valence electrons. The molecule has 0 aliphatic carbocycles. The number of carbonyl (C=O) groups is 1. The molecule has 1 saturated heterocycles. The third-order valence-corrected chi connectivity index (χ3v) is 3.04. The predicted octanol–water partition coefficient (Wildman–Crippen LogP) is 1.85. The lowest BCUT2D eigenvalue weighted by atomic mass is 10.1. The second-order valence-electron chi connectivity index (χ2n) is 4.52. The van der Waals surface area contributed by atoms with E-state index in [1.54, 1.807) is 6.07 Å². The number of pyridine rings is 1. The van der Waals surface area contributed by atoms with E-state index in [1.165, 1.54) is 0 Å². The third kappa shape index (κ3) is 2.75. The SMILES string of the molecule is CCCc1cc(C(=O)N2CCCC2)cc(N)n1. The Morgan fingerprint density at radius 3 is 2.76 bits per heavy atom. The van der Waals surface area contributed by atoms with E-state index in [9.17, 15) is 4.79 Å². The minimum atomic E-state index is 0.0916. The van der Waals surface area contributed by atoms with Gasteiger partial charge in [0.25, 0.3) is 5.91 Å². The molecule has 1 aromatic heterocycles. The number of anilines is 1. The topological polar surface area (TPSA) is 59.2 Å². The number of aromatic nitrogens is 1. The van der Waals surface area contributed by atoms with E-state index in [0.717, 1.165) is 44.5 Å². The summed E-state index contributed by atoms with van der Waals surface area (Å²) in [6, 6.07) is 3.56. The summed E-state index contributed by atoms with van der Waals surface area (Å²) in [6.45, 7) is 3.82. The lowest BCUT2D eigenvalue weighted by Crippen LogP contribution is -2.27. The summed E-state index contributed by atoms with van der Waals surface area (Å²) in [7, 11) is 0. The third-order valence-electron chi connectivity index (χ3n) is 3.04. The summed E-state index contributed by atoms with van der Waals surface area (Å²) >= 11 is 0. The van der Waals surface area contributed by atoms with E-state index in [1.807, 2.05) is 11.0 Å². The van der Waals surface area contributed by atoms with Crippen molar-refractivity contribution in [3.05, 3.63) is 23.4 Å². The quantitative estimate of drug-likeness (QED) is 0.866. The molecule has 1 aliphatic rings. The van der Waals surface area contributed by atoms with Crippen LogP contribution in [-0.4, -0.2) is 28.9 Å². The van der Waals surface area contributed by atoms with E-state index in [0.29, 0.717) is 11.4 Å². The molecule has 0 atom stereocenters. The van der Waals surface area contributed by atoms with E-state index < -0.39 is 0 Å². The average Bonchev–Trinajstić information content (AvgIpc) is 2.81. The molecule has 2 rings (SSSR count). The maximum atomic E-state index is 12.2. The van der Waals surface area contributed by atoms with E-state index >= 15 is 0 Å². The lowest BCUT2D eigenvalue weighted by Gasteiger charge is -2.15. The Morgan fingerprint density at radius 2 is 2.12 bits per heavy atom. The molecular weight excluding hydrogens is 214 g/mol. The van der Waals surface area contributed by atoms with Crippen LogP contribution < -0.4 is 5.73 Å². The number of hydrogen-bond acceptors (Lipinski definition) is 3. The largest absolute Gasteiger partial charge is 0.384 e. The monoisotopic (exact) mass is 233 g/mol. The predicted molar refractivity (Wildman–Crippen MR) is 67.8 cm³/mol. The van der Waals surface area contributed by atoms with Crippen molar-refractivity contribution in [3.8, 4) is 0 Å². The Morgan fingerprint density at radius 1 is 1.41 bits per heavy atom. The maximum Gasteiger partial charge on any atom is 0.254 e. The minimum Gasteiger partial charge on any atom is -0.384 e. The molecule has 2 heterocycles. The Hall–Kier alpha value is -1.58. The van der Waals surface area contributed by atoms with Gasteiger partial charge in [0.1, 0.15) is 5.82 Å². The summed E-state index contributed by atoms with van der Waals surface area (Å²) < 4.78 is 0. The zero-order valence-electron chi connectivity index (χ0n) is 10.3. The number of likely N-dealkylation sites (tertiary alicyclic amines) is 1. The van der Waals surface area contributed by atoms with E-state index in [4.69, 9.17) is 5.73 Å². The molecule has 0 unspecified atom stereocenters. The highest BCUT2D eigenvalue weighted by Crippen LogP contribution is 2.15. The smallest absolute Gasteiger partial charge is 0.254 e. The van der Waals surface area contributed by atoms with Gasteiger partial charge in [-0.25, -0.2) is 4.98 Å². The molecule has 0 saturated carbocycles. The molecule has 1 amide bonds. The molecule has 1 aromatic rings. The van der Waals surface area contributed by atoms with Gasteiger partial charge in [-0.1, -0.05) is 13.3 Å². The highest BCUT2D eigenvalue weighted by molar-refractivity contribution is 5.95. The number of carbonyl (C=O) groups excluding carboxylic acids is 1. The molecule has 0 bridgehead atoms. The van der Waals surface area contributed by atoms with Crippen molar-refractivity contribution in [1.29, 1.82) is 0 Å². The van der Waals surface area contributed by atoms with Crippen LogP contribution in [0.15, 0.2) is 12.1 Å². The number of nitrogen functional groups attached to an aromatic ring is 1. The molecule has 0 spiro atoms. The molecule has 1 aliphatic heterocycles. The number of amides is 1. The Balaban J connectivity index is 2.21. The van der Waals surface area contributed by atoms with Crippen LogP contribution in [0.3, 0.4) is 0 Å². The second kappa shape index (κ2) is 5.17.